The number of aryl methyl sites for hydroxylation is 3. The number of ether oxygens (including phenoxy) is 1. The van der Waals surface area contributed by atoms with Crippen molar-refractivity contribution < 1.29 is 4.74 Å². The van der Waals surface area contributed by atoms with E-state index in [0.717, 1.165) is 22.6 Å². The summed E-state index contributed by atoms with van der Waals surface area (Å²) in [7, 11) is 3.64. The van der Waals surface area contributed by atoms with Gasteiger partial charge in [-0.15, -0.1) is 0 Å². The lowest BCUT2D eigenvalue weighted by Crippen LogP contribution is -2.27. The molecule has 0 aliphatic heterocycles. The summed E-state index contributed by atoms with van der Waals surface area (Å²) in [5.74, 6) is 0.928. The number of fused-ring (bicyclic) bond motifs is 1. The van der Waals surface area contributed by atoms with Gasteiger partial charge in [-0.05, 0) is 37.1 Å². The van der Waals surface area contributed by atoms with E-state index in [0.29, 0.717) is 13.2 Å². The van der Waals surface area contributed by atoms with Gasteiger partial charge in [0.05, 0.1) is 35.9 Å². The summed E-state index contributed by atoms with van der Waals surface area (Å²) in [5, 5.41) is 7.72. The highest BCUT2D eigenvalue weighted by atomic mass is 16.5. The quantitative estimate of drug-likeness (QED) is 0.733. The SMILES string of the molecule is COCC(NCc1nc2c(C)c(C)ccc2[nH]1)c1ccnn1C. The van der Waals surface area contributed by atoms with Crippen LogP contribution in [0.3, 0.4) is 0 Å². The highest BCUT2D eigenvalue weighted by molar-refractivity contribution is 5.79. The Kier molecular flexibility index (Phi) is 4.45. The van der Waals surface area contributed by atoms with Gasteiger partial charge in [-0.3, -0.25) is 10.00 Å². The van der Waals surface area contributed by atoms with Gasteiger partial charge in [0.25, 0.3) is 0 Å². The largest absolute Gasteiger partial charge is 0.383 e. The summed E-state index contributed by atoms with van der Waals surface area (Å²) in [6.07, 6.45) is 1.80. The van der Waals surface area contributed by atoms with Gasteiger partial charge in [0.2, 0.25) is 0 Å². The zero-order chi connectivity index (χ0) is 16.4. The number of hydrogen-bond donors (Lipinski definition) is 2. The van der Waals surface area contributed by atoms with Gasteiger partial charge in [-0.1, -0.05) is 6.07 Å². The van der Waals surface area contributed by atoms with Crippen molar-refractivity contribution in [3.8, 4) is 0 Å². The highest BCUT2D eigenvalue weighted by Crippen LogP contribution is 2.20. The number of imidazole rings is 1. The van der Waals surface area contributed by atoms with Gasteiger partial charge in [-0.25, -0.2) is 4.98 Å². The Bertz CT molecular complexity index is 805. The van der Waals surface area contributed by atoms with Crippen LogP contribution in [0.25, 0.3) is 11.0 Å². The summed E-state index contributed by atoms with van der Waals surface area (Å²) < 4.78 is 7.19. The van der Waals surface area contributed by atoms with Crippen molar-refractivity contribution >= 4 is 11.0 Å². The molecule has 6 heteroatoms. The third kappa shape index (κ3) is 3.13. The molecule has 1 unspecified atom stereocenters. The monoisotopic (exact) mass is 313 g/mol. The molecule has 0 spiro atoms. The maximum absolute atomic E-state index is 5.33. The minimum Gasteiger partial charge on any atom is -0.383 e. The fourth-order valence-corrected chi connectivity index (χ4v) is 2.81. The first-order valence-corrected chi connectivity index (χ1v) is 7.75. The van der Waals surface area contributed by atoms with E-state index < -0.39 is 0 Å². The molecule has 3 aromatic rings. The molecule has 2 heterocycles. The van der Waals surface area contributed by atoms with Gasteiger partial charge in [0.1, 0.15) is 5.82 Å². The molecule has 0 aliphatic rings. The Morgan fingerprint density at radius 1 is 1.30 bits per heavy atom. The molecule has 6 nitrogen and oxygen atoms in total. The number of nitrogens with zero attached hydrogens (tertiary/aromatic N) is 3. The van der Waals surface area contributed by atoms with Gasteiger partial charge < -0.3 is 9.72 Å². The predicted octanol–water partition coefficient (Wildman–Crippen LogP) is 2.39. The van der Waals surface area contributed by atoms with Crippen molar-refractivity contribution in [2.24, 2.45) is 7.05 Å². The Morgan fingerprint density at radius 2 is 2.13 bits per heavy atom. The zero-order valence-corrected chi connectivity index (χ0v) is 14.1. The first-order valence-electron chi connectivity index (χ1n) is 7.75. The fourth-order valence-electron chi connectivity index (χ4n) is 2.81. The molecule has 122 valence electrons. The third-order valence-corrected chi connectivity index (χ3v) is 4.29. The summed E-state index contributed by atoms with van der Waals surface area (Å²) in [5.41, 5.74) is 5.70. The molecule has 3 rings (SSSR count). The van der Waals surface area contributed by atoms with Crippen LogP contribution in [-0.4, -0.2) is 33.5 Å². The number of aromatic amines is 1. The van der Waals surface area contributed by atoms with Crippen LogP contribution < -0.4 is 5.32 Å². The molecule has 0 bridgehead atoms. The van der Waals surface area contributed by atoms with Crippen molar-refractivity contribution in [2.45, 2.75) is 26.4 Å². The van der Waals surface area contributed by atoms with Crippen LogP contribution in [0.15, 0.2) is 24.4 Å². The molecule has 23 heavy (non-hydrogen) atoms. The molecule has 0 saturated heterocycles. The van der Waals surface area contributed by atoms with E-state index in [2.05, 4.69) is 41.4 Å². The van der Waals surface area contributed by atoms with Crippen LogP contribution in [0.4, 0.5) is 0 Å². The Morgan fingerprint density at radius 3 is 2.83 bits per heavy atom. The van der Waals surface area contributed by atoms with Crippen LogP contribution in [0.2, 0.25) is 0 Å². The van der Waals surface area contributed by atoms with Gasteiger partial charge >= 0.3 is 0 Å². The summed E-state index contributed by atoms with van der Waals surface area (Å²) in [6, 6.07) is 6.28. The Balaban J connectivity index is 1.78. The van der Waals surface area contributed by atoms with Crippen LogP contribution in [0.1, 0.15) is 28.7 Å². The standard InChI is InChI=1S/C17H23N5O/c1-11-5-6-13-17(12(11)2)21-16(20-13)9-18-14(10-23-4)15-7-8-19-22(15)3/h5-8,14,18H,9-10H2,1-4H3,(H,20,21). The lowest BCUT2D eigenvalue weighted by molar-refractivity contribution is 0.162. The van der Waals surface area contributed by atoms with Crippen molar-refractivity contribution in [3.05, 3.63) is 47.0 Å². The fraction of sp³-hybridized carbons (Fsp3) is 0.412. The predicted molar refractivity (Wildman–Crippen MR) is 90.2 cm³/mol. The number of H-pyrrole nitrogens is 1. The molecule has 1 atom stereocenters. The van der Waals surface area contributed by atoms with Crippen molar-refractivity contribution in [3.63, 3.8) is 0 Å². The van der Waals surface area contributed by atoms with E-state index in [1.54, 1.807) is 13.3 Å². The molecule has 0 amide bonds. The van der Waals surface area contributed by atoms with E-state index in [9.17, 15) is 0 Å². The van der Waals surface area contributed by atoms with E-state index >= 15 is 0 Å². The van der Waals surface area contributed by atoms with Gasteiger partial charge in [0, 0.05) is 20.4 Å². The first-order chi connectivity index (χ1) is 11.1. The number of nitrogens with one attached hydrogen (secondary N) is 2. The summed E-state index contributed by atoms with van der Waals surface area (Å²) >= 11 is 0. The molecule has 2 aromatic heterocycles. The summed E-state index contributed by atoms with van der Waals surface area (Å²) in [4.78, 5) is 8.11. The van der Waals surface area contributed by atoms with Crippen LogP contribution in [0, 0.1) is 13.8 Å². The minimum atomic E-state index is 0.0727. The molecule has 0 fully saturated rings. The smallest absolute Gasteiger partial charge is 0.121 e. The lowest BCUT2D eigenvalue weighted by Gasteiger charge is -2.17. The maximum atomic E-state index is 5.33. The van der Waals surface area contributed by atoms with Gasteiger partial charge in [-0.2, -0.15) is 5.10 Å². The normalized spacial score (nSPS) is 12.9. The Hall–Kier alpha value is -2.18. The van der Waals surface area contributed by atoms with E-state index in [4.69, 9.17) is 9.72 Å². The highest BCUT2D eigenvalue weighted by Gasteiger charge is 2.15. The molecule has 2 N–H and O–H groups in total. The third-order valence-electron chi connectivity index (χ3n) is 4.29. The molecular weight excluding hydrogens is 290 g/mol. The average molecular weight is 313 g/mol. The van der Waals surface area contributed by atoms with Crippen LogP contribution >= 0.6 is 0 Å². The topological polar surface area (TPSA) is 67.8 Å². The number of methoxy groups -OCH3 is 1. The maximum Gasteiger partial charge on any atom is 0.121 e. The molecule has 0 radical (unpaired) electrons. The van der Waals surface area contributed by atoms with Crippen molar-refractivity contribution in [1.29, 1.82) is 0 Å². The average Bonchev–Trinajstić information content (AvgIpc) is 3.14. The molecule has 0 aliphatic carbocycles. The number of hydrogen-bond acceptors (Lipinski definition) is 4. The summed E-state index contributed by atoms with van der Waals surface area (Å²) in [6.45, 7) is 5.45. The zero-order valence-electron chi connectivity index (χ0n) is 14.1. The van der Waals surface area contributed by atoms with E-state index in [1.165, 1.54) is 11.1 Å². The van der Waals surface area contributed by atoms with Crippen molar-refractivity contribution in [1.82, 2.24) is 25.1 Å². The number of benzene rings is 1. The van der Waals surface area contributed by atoms with E-state index in [-0.39, 0.29) is 6.04 Å². The van der Waals surface area contributed by atoms with Crippen LogP contribution in [-0.2, 0) is 18.3 Å². The van der Waals surface area contributed by atoms with Crippen molar-refractivity contribution in [2.75, 3.05) is 13.7 Å². The molecule has 0 saturated carbocycles. The minimum absolute atomic E-state index is 0.0727. The second-order valence-corrected chi connectivity index (χ2v) is 5.86. The molecular formula is C17H23N5O. The molecule has 1 aromatic carbocycles. The van der Waals surface area contributed by atoms with Crippen LogP contribution in [0.5, 0.6) is 0 Å². The van der Waals surface area contributed by atoms with E-state index in [1.807, 2.05) is 17.8 Å². The second kappa shape index (κ2) is 6.52. The first kappa shape index (κ1) is 15.7. The number of aromatic nitrogens is 4. The second-order valence-electron chi connectivity index (χ2n) is 5.86. The van der Waals surface area contributed by atoms with Gasteiger partial charge in [0.15, 0.2) is 0 Å². The number of rotatable bonds is 6. The Labute approximate surface area is 135 Å². The lowest BCUT2D eigenvalue weighted by atomic mass is 10.1.